The fraction of sp³-hybridized carbons (Fsp3) is 0.273. The number of hydrogen-bond donors (Lipinski definition) is 2. The van der Waals surface area contributed by atoms with E-state index in [1.165, 1.54) is 12.1 Å². The highest BCUT2D eigenvalue weighted by Crippen LogP contribution is 2.43. The van der Waals surface area contributed by atoms with Crippen molar-refractivity contribution >= 4 is 22.5 Å². The number of fused-ring (bicyclic) bond motifs is 1. The molecule has 2 aromatic carbocycles. The van der Waals surface area contributed by atoms with Crippen LogP contribution in [0.5, 0.6) is 5.75 Å². The van der Waals surface area contributed by atoms with Gasteiger partial charge in [-0.3, -0.25) is 9.59 Å². The Kier molecular flexibility index (Phi) is 5.64. The number of carbonyl (C=O) groups excluding carboxylic acids is 1. The zero-order valence-electron chi connectivity index (χ0n) is 17.4. The van der Waals surface area contributed by atoms with Crippen LogP contribution < -0.4 is 10.5 Å². The van der Waals surface area contributed by atoms with Crippen molar-refractivity contribution in [2.75, 3.05) is 31.1 Å². The fourth-order valence-corrected chi connectivity index (χ4v) is 3.69. The maximum absolute atomic E-state index is 14.8. The molecule has 0 atom stereocenters. The number of nitriles is 1. The van der Waals surface area contributed by atoms with E-state index in [1.54, 1.807) is 34.1 Å². The number of aromatic hydroxyl groups is 1. The predicted octanol–water partition coefficient (Wildman–Crippen LogP) is 2.58. The molecule has 4 rings (SSSR count). The first kappa shape index (κ1) is 23.0. The lowest BCUT2D eigenvalue weighted by Crippen LogP contribution is -2.58. The van der Waals surface area contributed by atoms with Crippen LogP contribution in [0.4, 0.5) is 23.2 Å². The molecule has 34 heavy (non-hydrogen) atoms. The third-order valence-electron chi connectivity index (χ3n) is 5.60. The number of anilines is 1. The van der Waals surface area contributed by atoms with Gasteiger partial charge in [0.2, 0.25) is 0 Å². The maximum atomic E-state index is 14.8. The molecule has 176 valence electrons. The van der Waals surface area contributed by atoms with Crippen molar-refractivity contribution in [2.24, 2.45) is 0 Å². The topological polar surface area (TPSA) is 113 Å². The highest BCUT2D eigenvalue weighted by atomic mass is 19.3. The predicted molar refractivity (Wildman–Crippen MR) is 113 cm³/mol. The fourth-order valence-electron chi connectivity index (χ4n) is 3.69. The highest BCUT2D eigenvalue weighted by Gasteiger charge is 2.66. The lowest BCUT2D eigenvalue weighted by molar-refractivity contribution is -0.226. The summed E-state index contributed by atoms with van der Waals surface area (Å²) in [4.78, 5) is 31.9. The van der Waals surface area contributed by atoms with Gasteiger partial charge in [0.25, 0.3) is 11.5 Å². The average molecular weight is 475 g/mol. The second-order valence-corrected chi connectivity index (χ2v) is 7.67. The van der Waals surface area contributed by atoms with E-state index in [0.29, 0.717) is 16.2 Å². The molecule has 0 bridgehead atoms. The number of rotatable bonds is 4. The lowest BCUT2D eigenvalue weighted by atomic mass is 10.1. The largest absolute Gasteiger partial charge is 0.506 e. The molecule has 1 fully saturated rings. The Balaban J connectivity index is 1.55. The Labute approximate surface area is 189 Å². The number of hydrogen-bond acceptors (Lipinski definition) is 6. The third-order valence-corrected chi connectivity index (χ3v) is 5.60. The van der Waals surface area contributed by atoms with Gasteiger partial charge in [-0.15, -0.1) is 0 Å². The second-order valence-electron chi connectivity index (χ2n) is 7.67. The van der Waals surface area contributed by atoms with Gasteiger partial charge in [0.05, 0.1) is 17.0 Å². The lowest BCUT2D eigenvalue weighted by Gasteiger charge is -2.38. The molecule has 2 heterocycles. The molecule has 2 N–H and O–H groups in total. The minimum atomic E-state index is -5.21. The van der Waals surface area contributed by atoms with E-state index in [2.05, 4.69) is 4.98 Å². The highest BCUT2D eigenvalue weighted by molar-refractivity contribution is 5.86. The first-order valence-corrected chi connectivity index (χ1v) is 10.1. The summed E-state index contributed by atoms with van der Waals surface area (Å²) in [7, 11) is 0. The normalized spacial score (nSPS) is 14.8. The van der Waals surface area contributed by atoms with Gasteiger partial charge in [-0.1, -0.05) is 6.07 Å². The quantitative estimate of drug-likeness (QED) is 0.561. The van der Waals surface area contributed by atoms with Crippen molar-refractivity contribution in [3.63, 3.8) is 0 Å². The van der Waals surface area contributed by atoms with Crippen molar-refractivity contribution in [3.05, 3.63) is 64.2 Å². The maximum Gasteiger partial charge on any atom is 0.393 e. The van der Waals surface area contributed by atoms with Gasteiger partial charge in [-0.2, -0.15) is 22.8 Å². The Morgan fingerprint density at radius 2 is 1.71 bits per heavy atom. The van der Waals surface area contributed by atoms with Gasteiger partial charge in [0.15, 0.2) is 5.82 Å². The zero-order valence-corrected chi connectivity index (χ0v) is 17.4. The summed E-state index contributed by atoms with van der Waals surface area (Å²) in [6.07, 6.45) is 0. The Hall–Kier alpha value is -4.14. The number of H-pyrrole nitrogens is 1. The summed E-state index contributed by atoms with van der Waals surface area (Å²) >= 11 is 0. The molecule has 1 aliphatic heterocycles. The first-order valence-electron chi connectivity index (χ1n) is 10.1. The molecule has 0 aliphatic carbocycles. The molecule has 0 saturated carbocycles. The van der Waals surface area contributed by atoms with Gasteiger partial charge >= 0.3 is 11.8 Å². The number of aromatic nitrogens is 2. The van der Waals surface area contributed by atoms with E-state index in [1.807, 2.05) is 6.07 Å². The van der Waals surface area contributed by atoms with E-state index in [4.69, 9.17) is 5.26 Å². The van der Waals surface area contributed by atoms with Crippen LogP contribution in [-0.4, -0.2) is 58.0 Å². The van der Waals surface area contributed by atoms with Crippen LogP contribution in [0.3, 0.4) is 0 Å². The number of piperazine rings is 1. The monoisotopic (exact) mass is 475 g/mol. The molecule has 0 spiro atoms. The number of aromatic amines is 1. The van der Waals surface area contributed by atoms with Gasteiger partial charge in [-0.05, 0) is 36.4 Å². The van der Waals surface area contributed by atoms with E-state index in [0.717, 1.165) is 6.07 Å². The molecular weight excluding hydrogens is 458 g/mol. The molecule has 8 nitrogen and oxygen atoms in total. The summed E-state index contributed by atoms with van der Waals surface area (Å²) in [5, 5.41) is 18.4. The molecule has 0 unspecified atom stereocenters. The summed E-state index contributed by atoms with van der Waals surface area (Å²) in [6.45, 7) is -0.267. The van der Waals surface area contributed by atoms with Crippen molar-refractivity contribution in [3.8, 4) is 11.8 Å². The number of nitrogens with zero attached hydrogens (tertiary/aromatic N) is 4. The number of amides is 1. The molecule has 1 aromatic heterocycles. The van der Waals surface area contributed by atoms with Crippen molar-refractivity contribution in [1.29, 1.82) is 5.26 Å². The van der Waals surface area contributed by atoms with Crippen molar-refractivity contribution < 1.29 is 27.5 Å². The van der Waals surface area contributed by atoms with Crippen LogP contribution in [0.15, 0.2) is 47.3 Å². The van der Waals surface area contributed by atoms with Crippen molar-refractivity contribution in [2.45, 2.75) is 11.8 Å². The SMILES string of the molecule is N#Cc1ccc(N2CCN(C(=O)C(F)(F)C(F)(F)c3nc4c(O)cccc4c(=O)[nH]3)CC2)cc1. The van der Waals surface area contributed by atoms with E-state index in [9.17, 15) is 32.3 Å². The Bertz CT molecular complexity index is 1340. The second kappa shape index (κ2) is 8.33. The molecule has 0 radical (unpaired) electrons. The summed E-state index contributed by atoms with van der Waals surface area (Å²) in [5.74, 6) is -14.8. The van der Waals surface area contributed by atoms with Crippen LogP contribution in [0.2, 0.25) is 0 Å². The first-order chi connectivity index (χ1) is 16.1. The molecule has 1 amide bonds. The van der Waals surface area contributed by atoms with Crippen molar-refractivity contribution in [1.82, 2.24) is 14.9 Å². The minimum absolute atomic E-state index is 0.109. The number of nitrogens with one attached hydrogen (secondary N) is 1. The van der Waals surface area contributed by atoms with E-state index < -0.39 is 40.4 Å². The number of benzene rings is 2. The van der Waals surface area contributed by atoms with Crippen LogP contribution in [0, 0.1) is 11.3 Å². The number of carbonyl (C=O) groups is 1. The third kappa shape index (κ3) is 3.79. The van der Waals surface area contributed by atoms with Crippen LogP contribution >= 0.6 is 0 Å². The molecule has 1 aliphatic rings. The standard InChI is InChI=1S/C22H17F4N5O3/c23-21(24,19-28-17-15(18(33)29-19)2-1-3-16(17)32)22(25,26)20(34)31-10-8-30(9-11-31)14-6-4-13(12-27)5-7-14/h1-7,32H,8-11H2,(H,28,29,33). The number of halogens is 4. The Morgan fingerprint density at radius 3 is 2.32 bits per heavy atom. The zero-order chi connectivity index (χ0) is 24.7. The molecule has 12 heteroatoms. The molecule has 3 aromatic rings. The molecular formula is C22H17F4N5O3. The van der Waals surface area contributed by atoms with Crippen LogP contribution in [0.1, 0.15) is 11.4 Å². The van der Waals surface area contributed by atoms with E-state index >= 15 is 0 Å². The number of para-hydroxylation sites is 1. The van der Waals surface area contributed by atoms with Crippen LogP contribution in [0.25, 0.3) is 10.9 Å². The van der Waals surface area contributed by atoms with E-state index in [-0.39, 0.29) is 31.6 Å². The van der Waals surface area contributed by atoms with Gasteiger partial charge < -0.3 is 19.9 Å². The average Bonchev–Trinajstić information content (AvgIpc) is 2.84. The van der Waals surface area contributed by atoms with Gasteiger partial charge in [0, 0.05) is 31.9 Å². The van der Waals surface area contributed by atoms with Crippen LogP contribution in [-0.2, 0) is 10.7 Å². The molecule has 1 saturated heterocycles. The summed E-state index contributed by atoms with van der Waals surface area (Å²) in [6, 6.07) is 12.0. The number of phenols is 1. The number of alkyl halides is 4. The minimum Gasteiger partial charge on any atom is -0.506 e. The number of phenolic OH excluding ortho intramolecular Hbond substituents is 1. The van der Waals surface area contributed by atoms with Gasteiger partial charge in [0.1, 0.15) is 11.3 Å². The Morgan fingerprint density at radius 1 is 1.06 bits per heavy atom. The summed E-state index contributed by atoms with van der Waals surface area (Å²) in [5.41, 5.74) is -0.607. The smallest absolute Gasteiger partial charge is 0.393 e. The summed E-state index contributed by atoms with van der Waals surface area (Å²) < 4.78 is 59.3. The van der Waals surface area contributed by atoms with Gasteiger partial charge in [-0.25, -0.2) is 4.98 Å².